The summed E-state index contributed by atoms with van der Waals surface area (Å²) in [6.07, 6.45) is 3.04. The van der Waals surface area contributed by atoms with Crippen LogP contribution in [0.15, 0.2) is 18.2 Å². The second-order valence-corrected chi connectivity index (χ2v) is 4.98. The molecule has 0 aromatic heterocycles. The number of hydrogen-bond acceptors (Lipinski definition) is 3. The molecule has 5 nitrogen and oxygen atoms in total. The normalized spacial score (nSPS) is 13.8. The fraction of sp³-hybridized carbons (Fsp3) is 0.467. The quantitative estimate of drug-likeness (QED) is 0.858. The van der Waals surface area contributed by atoms with Gasteiger partial charge in [0, 0.05) is 32.2 Å². The second-order valence-electron chi connectivity index (χ2n) is 4.98. The van der Waals surface area contributed by atoms with Gasteiger partial charge in [-0.15, -0.1) is 0 Å². The van der Waals surface area contributed by atoms with Crippen molar-refractivity contribution in [2.45, 2.75) is 25.7 Å². The molecule has 1 aliphatic heterocycles. The monoisotopic (exact) mass is 276 g/mol. The van der Waals surface area contributed by atoms with Gasteiger partial charge in [0.15, 0.2) is 0 Å². The maximum Gasteiger partial charge on any atom is 0.336 e. The van der Waals surface area contributed by atoms with Crippen molar-refractivity contribution in [1.29, 1.82) is 0 Å². The number of carbonyl (C=O) groups is 2. The number of anilines is 1. The maximum atomic E-state index is 11.3. The van der Waals surface area contributed by atoms with E-state index in [1.165, 1.54) is 0 Å². The van der Waals surface area contributed by atoms with E-state index in [1.807, 2.05) is 6.07 Å². The molecular formula is C15H20N2O3. The SMILES string of the molecule is CNC(=O)CCCN1CCCc2c(C(=O)O)cccc21. The molecular weight excluding hydrogens is 256 g/mol. The molecule has 0 saturated heterocycles. The van der Waals surface area contributed by atoms with Gasteiger partial charge in [-0.1, -0.05) is 6.07 Å². The Kier molecular flexibility index (Phi) is 4.61. The first-order chi connectivity index (χ1) is 9.63. The van der Waals surface area contributed by atoms with E-state index < -0.39 is 5.97 Å². The van der Waals surface area contributed by atoms with Crippen molar-refractivity contribution in [2.24, 2.45) is 0 Å². The average molecular weight is 276 g/mol. The second kappa shape index (κ2) is 6.41. The molecule has 5 heteroatoms. The summed E-state index contributed by atoms with van der Waals surface area (Å²) in [4.78, 5) is 24.7. The van der Waals surface area contributed by atoms with Crippen LogP contribution in [0.5, 0.6) is 0 Å². The predicted octanol–water partition coefficient (Wildman–Crippen LogP) is 1.66. The minimum absolute atomic E-state index is 0.0431. The average Bonchev–Trinajstić information content (AvgIpc) is 2.46. The van der Waals surface area contributed by atoms with Gasteiger partial charge in [0.05, 0.1) is 5.56 Å². The fourth-order valence-corrected chi connectivity index (χ4v) is 2.69. The van der Waals surface area contributed by atoms with Crippen molar-refractivity contribution >= 4 is 17.6 Å². The zero-order valence-electron chi connectivity index (χ0n) is 11.7. The molecule has 1 aromatic rings. The van der Waals surface area contributed by atoms with E-state index in [1.54, 1.807) is 19.2 Å². The third-order valence-corrected chi connectivity index (χ3v) is 3.69. The number of fused-ring (bicyclic) bond motifs is 1. The summed E-state index contributed by atoms with van der Waals surface area (Å²) in [5.74, 6) is -0.824. The predicted molar refractivity (Wildman–Crippen MR) is 77.2 cm³/mol. The summed E-state index contributed by atoms with van der Waals surface area (Å²) in [5, 5.41) is 11.8. The van der Waals surface area contributed by atoms with Crippen LogP contribution in [0.2, 0.25) is 0 Å². The minimum atomic E-state index is -0.867. The third-order valence-electron chi connectivity index (χ3n) is 3.69. The van der Waals surface area contributed by atoms with Crippen molar-refractivity contribution in [3.8, 4) is 0 Å². The van der Waals surface area contributed by atoms with Crippen LogP contribution in [0, 0.1) is 0 Å². The van der Waals surface area contributed by atoms with Crippen LogP contribution >= 0.6 is 0 Å². The molecule has 0 unspecified atom stereocenters. The number of rotatable bonds is 5. The van der Waals surface area contributed by atoms with Crippen molar-refractivity contribution < 1.29 is 14.7 Å². The molecule has 108 valence electrons. The molecule has 0 atom stereocenters. The molecule has 1 aliphatic rings. The first-order valence-corrected chi connectivity index (χ1v) is 6.94. The summed E-state index contributed by atoms with van der Waals surface area (Å²) in [6.45, 7) is 1.70. The van der Waals surface area contributed by atoms with Crippen LogP contribution in [0.4, 0.5) is 5.69 Å². The Hall–Kier alpha value is -2.04. The van der Waals surface area contributed by atoms with E-state index in [9.17, 15) is 14.7 Å². The largest absolute Gasteiger partial charge is 0.478 e. The number of hydrogen-bond donors (Lipinski definition) is 2. The van der Waals surface area contributed by atoms with E-state index in [0.717, 1.165) is 43.6 Å². The highest BCUT2D eigenvalue weighted by Crippen LogP contribution is 2.30. The first-order valence-electron chi connectivity index (χ1n) is 6.94. The molecule has 0 fully saturated rings. The van der Waals surface area contributed by atoms with Gasteiger partial charge in [0.2, 0.25) is 5.91 Å². The standard InChI is InChI=1S/C15H20N2O3/c1-16-14(18)8-4-10-17-9-3-6-11-12(15(19)20)5-2-7-13(11)17/h2,5,7H,3-4,6,8-10H2,1H3,(H,16,18)(H,19,20). The summed E-state index contributed by atoms with van der Waals surface area (Å²) in [6, 6.07) is 5.43. The molecule has 2 rings (SSSR count). The van der Waals surface area contributed by atoms with Gasteiger partial charge < -0.3 is 15.3 Å². The summed E-state index contributed by atoms with van der Waals surface area (Å²) in [5.41, 5.74) is 2.33. The number of amides is 1. The molecule has 1 amide bonds. The van der Waals surface area contributed by atoms with Gasteiger partial charge in [0.25, 0.3) is 0 Å². The fourth-order valence-electron chi connectivity index (χ4n) is 2.69. The van der Waals surface area contributed by atoms with Gasteiger partial charge in [-0.05, 0) is 37.0 Å². The first kappa shape index (κ1) is 14.4. The van der Waals surface area contributed by atoms with Crippen molar-refractivity contribution in [2.75, 3.05) is 25.0 Å². The molecule has 1 aromatic carbocycles. The number of aromatic carboxylic acids is 1. The number of nitrogens with one attached hydrogen (secondary N) is 1. The number of carboxylic acid groups (broad SMARTS) is 1. The van der Waals surface area contributed by atoms with Gasteiger partial charge >= 0.3 is 5.97 Å². The Balaban J connectivity index is 2.10. The van der Waals surface area contributed by atoms with Crippen molar-refractivity contribution in [3.05, 3.63) is 29.3 Å². The number of carbonyl (C=O) groups excluding carboxylic acids is 1. The van der Waals surface area contributed by atoms with Crippen LogP contribution in [0.25, 0.3) is 0 Å². The Bertz CT molecular complexity index is 514. The molecule has 0 spiro atoms. The Morgan fingerprint density at radius 2 is 2.20 bits per heavy atom. The lowest BCUT2D eigenvalue weighted by Crippen LogP contribution is -2.32. The minimum Gasteiger partial charge on any atom is -0.478 e. The highest BCUT2D eigenvalue weighted by Gasteiger charge is 2.21. The van der Waals surface area contributed by atoms with Crippen molar-refractivity contribution in [1.82, 2.24) is 5.32 Å². The summed E-state index contributed by atoms with van der Waals surface area (Å²) >= 11 is 0. The van der Waals surface area contributed by atoms with Crippen LogP contribution < -0.4 is 10.2 Å². The van der Waals surface area contributed by atoms with Crippen LogP contribution in [0.1, 0.15) is 35.2 Å². The topological polar surface area (TPSA) is 69.6 Å². The van der Waals surface area contributed by atoms with E-state index in [2.05, 4.69) is 10.2 Å². The Labute approximate surface area is 118 Å². The van der Waals surface area contributed by atoms with E-state index >= 15 is 0 Å². The highest BCUT2D eigenvalue weighted by atomic mass is 16.4. The highest BCUT2D eigenvalue weighted by molar-refractivity contribution is 5.91. The zero-order chi connectivity index (χ0) is 14.5. The smallest absolute Gasteiger partial charge is 0.336 e. The zero-order valence-corrected chi connectivity index (χ0v) is 11.7. The maximum absolute atomic E-state index is 11.3. The lowest BCUT2D eigenvalue weighted by molar-refractivity contribution is -0.120. The van der Waals surface area contributed by atoms with Gasteiger partial charge in [-0.2, -0.15) is 0 Å². The van der Waals surface area contributed by atoms with E-state index in [4.69, 9.17) is 0 Å². The molecule has 0 bridgehead atoms. The molecule has 0 saturated carbocycles. The third kappa shape index (κ3) is 3.10. The molecule has 20 heavy (non-hydrogen) atoms. The number of benzene rings is 1. The summed E-state index contributed by atoms with van der Waals surface area (Å²) in [7, 11) is 1.64. The van der Waals surface area contributed by atoms with Crippen LogP contribution in [-0.2, 0) is 11.2 Å². The van der Waals surface area contributed by atoms with Crippen LogP contribution in [0.3, 0.4) is 0 Å². The number of nitrogens with zero attached hydrogens (tertiary/aromatic N) is 1. The summed E-state index contributed by atoms with van der Waals surface area (Å²) < 4.78 is 0. The van der Waals surface area contributed by atoms with Gasteiger partial charge in [0.1, 0.15) is 0 Å². The van der Waals surface area contributed by atoms with Gasteiger partial charge in [-0.25, -0.2) is 4.79 Å². The molecule has 2 N–H and O–H groups in total. The lowest BCUT2D eigenvalue weighted by atomic mass is 9.96. The lowest BCUT2D eigenvalue weighted by Gasteiger charge is -2.32. The van der Waals surface area contributed by atoms with E-state index in [0.29, 0.717) is 12.0 Å². The van der Waals surface area contributed by atoms with Crippen molar-refractivity contribution in [3.63, 3.8) is 0 Å². The Morgan fingerprint density at radius 3 is 2.90 bits per heavy atom. The molecule has 1 heterocycles. The molecule has 0 radical (unpaired) electrons. The Morgan fingerprint density at radius 1 is 1.40 bits per heavy atom. The van der Waals surface area contributed by atoms with E-state index in [-0.39, 0.29) is 5.91 Å². The molecule has 0 aliphatic carbocycles. The van der Waals surface area contributed by atoms with Crippen LogP contribution in [-0.4, -0.2) is 37.1 Å². The van der Waals surface area contributed by atoms with Gasteiger partial charge in [-0.3, -0.25) is 4.79 Å². The number of carboxylic acids is 1.